The summed E-state index contributed by atoms with van der Waals surface area (Å²) in [5.41, 5.74) is 16.9. The molecule has 0 saturated heterocycles. The molecule has 0 saturated carbocycles. The normalized spacial score (nSPS) is 16.9. The molecule has 0 aromatic heterocycles. The number of anilines is 1. The third-order valence-corrected chi connectivity index (χ3v) is 10.6. The van der Waals surface area contributed by atoms with E-state index in [2.05, 4.69) is 4.99 Å². The highest BCUT2D eigenvalue weighted by molar-refractivity contribution is 7.89. The summed E-state index contributed by atoms with van der Waals surface area (Å²) in [5, 5.41) is 9.79. The molecule has 4 rings (SSSR count). The monoisotopic (exact) mass is 702 g/mol. The molecule has 1 heterocycles. The molecule has 1 aliphatic heterocycles. The number of benzene rings is 3. The van der Waals surface area contributed by atoms with Crippen LogP contribution in [0, 0.1) is 12.8 Å². The van der Waals surface area contributed by atoms with E-state index in [1.54, 1.807) is 67.6 Å². The Hall–Kier alpha value is -5.18. The fourth-order valence-corrected chi connectivity index (χ4v) is 7.33. The van der Waals surface area contributed by atoms with Gasteiger partial charge in [0.1, 0.15) is 0 Å². The summed E-state index contributed by atoms with van der Waals surface area (Å²) in [4.78, 5) is 60.7. The second-order valence-electron chi connectivity index (χ2n) is 12.1. The highest BCUT2D eigenvalue weighted by Gasteiger charge is 2.51. The van der Waals surface area contributed by atoms with Gasteiger partial charge in [-0.05, 0) is 56.0 Å². The minimum absolute atomic E-state index is 0.00439. The molecule has 1 unspecified atom stereocenters. The average molecular weight is 703 g/mol. The topological polar surface area (TPSA) is 220 Å². The maximum absolute atomic E-state index is 15.1. The van der Waals surface area contributed by atoms with E-state index in [0.717, 1.165) is 9.87 Å². The Morgan fingerprint density at radius 1 is 1.00 bits per heavy atom. The average Bonchev–Trinajstić information content (AvgIpc) is 3.26. The van der Waals surface area contributed by atoms with Gasteiger partial charge in [0.25, 0.3) is 0 Å². The second-order valence-corrected chi connectivity index (χ2v) is 14.1. The molecule has 0 fully saturated rings. The third-order valence-electron chi connectivity index (χ3n) is 8.71. The molecule has 0 radical (unpaired) electrons. The van der Waals surface area contributed by atoms with Gasteiger partial charge < -0.3 is 27.2 Å². The fraction of sp³-hybridized carbons (Fsp3) is 0.306. The van der Waals surface area contributed by atoms with E-state index in [1.165, 1.54) is 42.3 Å². The Bertz CT molecular complexity index is 1880. The number of nitrogens with two attached hydrogens (primary N) is 3. The largest absolute Gasteiger partial charge is 0.481 e. The SMILES string of the molecule is Cc1ccc(S(=O)(=O)N(C)[C@@H](CCCN=C(N)N)C(=O)C(N)(C(=O)c2ccccc2)C2=C[C@H](CC(=O)O)C(=O)N(c3ccccc3)CC2)cc1. The molecule has 0 aliphatic carbocycles. The zero-order chi connectivity index (χ0) is 36.6. The summed E-state index contributed by atoms with van der Waals surface area (Å²) in [6, 6.07) is 21.0. The van der Waals surface area contributed by atoms with Crippen LogP contribution in [0.2, 0.25) is 0 Å². The zero-order valence-corrected chi connectivity index (χ0v) is 28.8. The van der Waals surface area contributed by atoms with Gasteiger partial charge >= 0.3 is 5.97 Å². The van der Waals surface area contributed by atoms with Crippen LogP contribution in [0.4, 0.5) is 5.69 Å². The lowest BCUT2D eigenvalue weighted by Crippen LogP contribution is -2.63. The van der Waals surface area contributed by atoms with Gasteiger partial charge in [0, 0.05) is 31.4 Å². The molecular formula is C36H42N6O7S. The number of carboxylic acids is 1. The maximum atomic E-state index is 15.1. The van der Waals surface area contributed by atoms with Gasteiger partial charge in [-0.2, -0.15) is 4.31 Å². The van der Waals surface area contributed by atoms with Crippen LogP contribution in [0.5, 0.6) is 0 Å². The number of aryl methyl sites for hydroxylation is 1. The molecule has 3 aromatic carbocycles. The van der Waals surface area contributed by atoms with Gasteiger partial charge in [-0.15, -0.1) is 0 Å². The summed E-state index contributed by atoms with van der Waals surface area (Å²) in [7, 11) is -3.08. The number of ketones is 2. The van der Waals surface area contributed by atoms with Crippen molar-refractivity contribution in [2.75, 3.05) is 25.0 Å². The predicted molar refractivity (Wildman–Crippen MR) is 190 cm³/mol. The van der Waals surface area contributed by atoms with Crippen LogP contribution in [0.15, 0.2) is 106 Å². The van der Waals surface area contributed by atoms with E-state index in [4.69, 9.17) is 17.2 Å². The van der Waals surface area contributed by atoms with Crippen molar-refractivity contribution >= 4 is 45.1 Å². The number of aliphatic carboxylic acids is 1. The molecule has 3 atom stereocenters. The van der Waals surface area contributed by atoms with Crippen LogP contribution in [0.25, 0.3) is 0 Å². The van der Waals surface area contributed by atoms with Crippen LogP contribution in [-0.2, 0) is 24.4 Å². The summed E-state index contributed by atoms with van der Waals surface area (Å²) in [6.45, 7) is 1.82. The number of hydrogen-bond acceptors (Lipinski definition) is 8. The molecule has 7 N–H and O–H groups in total. The fourth-order valence-electron chi connectivity index (χ4n) is 5.98. The van der Waals surface area contributed by atoms with Crippen LogP contribution >= 0.6 is 0 Å². The first-order valence-corrected chi connectivity index (χ1v) is 17.4. The van der Waals surface area contributed by atoms with E-state index < -0.39 is 57.4 Å². The molecule has 1 amide bonds. The van der Waals surface area contributed by atoms with Crippen molar-refractivity contribution < 1.29 is 32.7 Å². The summed E-state index contributed by atoms with van der Waals surface area (Å²) in [5.74, 6) is -5.10. The Morgan fingerprint density at radius 3 is 2.18 bits per heavy atom. The number of aliphatic imine (C=N–C) groups is 1. The molecule has 1 aliphatic rings. The first-order valence-electron chi connectivity index (χ1n) is 16.0. The number of likely N-dealkylation sites (N-methyl/N-ethyl adjacent to an activating group) is 1. The van der Waals surface area contributed by atoms with Crippen molar-refractivity contribution in [3.63, 3.8) is 0 Å². The van der Waals surface area contributed by atoms with Crippen molar-refractivity contribution in [3.05, 3.63) is 108 Å². The van der Waals surface area contributed by atoms with Crippen molar-refractivity contribution in [2.24, 2.45) is 28.1 Å². The number of carboxylic acid groups (broad SMARTS) is 1. The van der Waals surface area contributed by atoms with Crippen LogP contribution < -0.4 is 22.1 Å². The first-order chi connectivity index (χ1) is 23.7. The molecule has 0 bridgehead atoms. The number of hydrogen-bond donors (Lipinski definition) is 4. The number of nitrogens with zero attached hydrogens (tertiary/aromatic N) is 3. The van der Waals surface area contributed by atoms with Crippen molar-refractivity contribution in [3.8, 4) is 0 Å². The van der Waals surface area contributed by atoms with Crippen molar-refractivity contribution in [2.45, 2.75) is 49.1 Å². The third kappa shape index (κ3) is 8.33. The highest BCUT2D eigenvalue weighted by Crippen LogP contribution is 2.34. The van der Waals surface area contributed by atoms with E-state index in [-0.39, 0.29) is 54.3 Å². The highest BCUT2D eigenvalue weighted by atomic mass is 32.2. The molecular weight excluding hydrogens is 660 g/mol. The predicted octanol–water partition coefficient (Wildman–Crippen LogP) is 2.64. The standard InChI is InChI=1S/C36H42N6O7S/c1-24-15-17-29(18-16-24)50(48,49)41(2)30(14-9-20-40-35(37)38)33(46)36(39,32(45)25-10-5-3-6-11-25)27-19-21-42(28-12-7-4-8-13-28)34(47)26(22-27)23-31(43)44/h3-8,10-13,15-18,22,26,30H,9,14,19-21,23,39H2,1-2H3,(H,43,44)(H4,37,38,40)/t26-,30+,36?/m1/s1. The Morgan fingerprint density at radius 2 is 1.60 bits per heavy atom. The minimum Gasteiger partial charge on any atom is -0.481 e. The van der Waals surface area contributed by atoms with E-state index in [9.17, 15) is 27.9 Å². The second kappa shape index (κ2) is 16.0. The maximum Gasteiger partial charge on any atom is 0.304 e. The number of carbonyl (C=O) groups is 4. The van der Waals surface area contributed by atoms with E-state index in [1.807, 2.05) is 0 Å². The van der Waals surface area contributed by atoms with Crippen LogP contribution in [0.1, 0.15) is 41.6 Å². The van der Waals surface area contributed by atoms with Crippen molar-refractivity contribution in [1.82, 2.24) is 4.31 Å². The number of carbonyl (C=O) groups excluding carboxylic acids is 3. The van der Waals surface area contributed by atoms with Gasteiger partial charge in [0.15, 0.2) is 23.1 Å². The van der Waals surface area contributed by atoms with Gasteiger partial charge in [-0.1, -0.05) is 72.3 Å². The summed E-state index contributed by atoms with van der Waals surface area (Å²) >= 11 is 0. The minimum atomic E-state index is -4.32. The van der Waals surface area contributed by atoms with Gasteiger partial charge in [0.05, 0.1) is 23.3 Å². The van der Waals surface area contributed by atoms with Crippen LogP contribution in [0.3, 0.4) is 0 Å². The van der Waals surface area contributed by atoms with E-state index >= 15 is 4.79 Å². The van der Waals surface area contributed by atoms with Gasteiger partial charge in [0.2, 0.25) is 15.9 Å². The molecule has 50 heavy (non-hydrogen) atoms. The number of Topliss-reactive ketones (excluding diaryl/α,β-unsaturated/α-hetero) is 2. The Labute approximate surface area is 291 Å². The number of para-hydroxylation sites is 1. The quantitative estimate of drug-likeness (QED) is 0.0453. The molecule has 3 aromatic rings. The molecule has 14 heteroatoms. The summed E-state index contributed by atoms with van der Waals surface area (Å²) in [6.07, 6.45) is 0.576. The summed E-state index contributed by atoms with van der Waals surface area (Å²) < 4.78 is 28.9. The molecule has 264 valence electrons. The number of rotatable bonds is 15. The number of guanidine groups is 1. The number of sulfonamides is 1. The lowest BCUT2D eigenvalue weighted by atomic mass is 9.74. The van der Waals surface area contributed by atoms with Crippen LogP contribution in [-0.4, -0.2) is 79.0 Å². The smallest absolute Gasteiger partial charge is 0.304 e. The van der Waals surface area contributed by atoms with Gasteiger partial charge in [-0.25, -0.2) is 8.42 Å². The Kier molecular flexibility index (Phi) is 12.1. The molecule has 0 spiro atoms. The Balaban J connectivity index is 1.89. The van der Waals surface area contributed by atoms with E-state index in [0.29, 0.717) is 5.69 Å². The number of amides is 1. The van der Waals surface area contributed by atoms with Gasteiger partial charge in [-0.3, -0.25) is 24.2 Å². The first kappa shape index (κ1) is 37.6. The lowest BCUT2D eigenvalue weighted by Gasteiger charge is -2.36. The van der Waals surface area contributed by atoms with Crippen molar-refractivity contribution in [1.29, 1.82) is 0 Å². The zero-order valence-electron chi connectivity index (χ0n) is 27.9. The molecule has 13 nitrogen and oxygen atoms in total. The lowest BCUT2D eigenvalue weighted by molar-refractivity contribution is -0.139.